The number of carbonyl (C=O) groups is 1. The minimum absolute atomic E-state index is 0.0211. The Morgan fingerprint density at radius 1 is 1.08 bits per heavy atom. The van der Waals surface area contributed by atoms with E-state index in [0.29, 0.717) is 24.7 Å². The van der Waals surface area contributed by atoms with Gasteiger partial charge in [-0.05, 0) is 29.7 Å². The molecule has 0 saturated heterocycles. The van der Waals surface area contributed by atoms with Gasteiger partial charge in [0.05, 0.1) is 19.3 Å². The summed E-state index contributed by atoms with van der Waals surface area (Å²) in [6, 6.07) is 17.4. The van der Waals surface area contributed by atoms with Crippen LogP contribution >= 0.6 is 11.6 Å². The van der Waals surface area contributed by atoms with Gasteiger partial charge in [0.25, 0.3) is 0 Å². The number of hydrogen-bond acceptors (Lipinski definition) is 3. The molecule has 0 aromatic heterocycles. The quantitative estimate of drug-likeness (QED) is 0.707. The molecule has 5 heteroatoms. The normalized spacial score (nSPS) is 11.9. The van der Waals surface area contributed by atoms with Crippen molar-refractivity contribution in [1.29, 1.82) is 0 Å². The van der Waals surface area contributed by atoms with E-state index in [-0.39, 0.29) is 18.6 Å². The van der Waals surface area contributed by atoms with E-state index in [9.17, 15) is 4.79 Å². The molecule has 128 valence electrons. The van der Waals surface area contributed by atoms with Crippen LogP contribution < -0.4 is 5.32 Å². The van der Waals surface area contributed by atoms with E-state index in [0.717, 1.165) is 11.1 Å². The Bertz CT molecular complexity index is 616. The maximum atomic E-state index is 12.1. The second-order valence-electron chi connectivity index (χ2n) is 5.41. The van der Waals surface area contributed by atoms with Crippen LogP contribution in [0, 0.1) is 0 Å². The van der Waals surface area contributed by atoms with Gasteiger partial charge in [0.1, 0.15) is 6.61 Å². The van der Waals surface area contributed by atoms with Crippen molar-refractivity contribution in [3.05, 3.63) is 70.7 Å². The van der Waals surface area contributed by atoms with Crippen LogP contribution in [0.5, 0.6) is 0 Å². The average molecular weight is 348 g/mol. The van der Waals surface area contributed by atoms with Crippen LogP contribution in [-0.4, -0.2) is 32.8 Å². The zero-order valence-electron chi connectivity index (χ0n) is 13.7. The van der Waals surface area contributed by atoms with Crippen LogP contribution in [-0.2, 0) is 20.7 Å². The average Bonchev–Trinajstić information content (AvgIpc) is 2.61. The Balaban J connectivity index is 2.00. The molecule has 0 saturated carbocycles. The van der Waals surface area contributed by atoms with Crippen LogP contribution in [0.2, 0.25) is 5.02 Å². The summed E-state index contributed by atoms with van der Waals surface area (Å²) in [6.45, 7) is 0.893. The molecular formula is C19H22ClNO3. The molecule has 24 heavy (non-hydrogen) atoms. The Labute approximate surface area is 147 Å². The van der Waals surface area contributed by atoms with Crippen LogP contribution in [0.1, 0.15) is 17.2 Å². The maximum Gasteiger partial charge on any atom is 0.246 e. The standard InChI is InChI=1S/C19H22ClNO3/c1-23-11-12-24-14-19(22)21-18(16-5-3-2-4-6-16)13-15-7-9-17(20)10-8-15/h2-10,18H,11-14H2,1H3,(H,21,22). The summed E-state index contributed by atoms with van der Waals surface area (Å²) in [4.78, 5) is 12.1. The van der Waals surface area contributed by atoms with Gasteiger partial charge in [-0.25, -0.2) is 0 Å². The third-order valence-corrected chi connectivity index (χ3v) is 3.81. The predicted octanol–water partition coefficient (Wildman–Crippen LogP) is 3.40. The van der Waals surface area contributed by atoms with Gasteiger partial charge in [-0.1, -0.05) is 54.1 Å². The van der Waals surface area contributed by atoms with Crippen LogP contribution in [0.15, 0.2) is 54.6 Å². The van der Waals surface area contributed by atoms with Crippen molar-refractivity contribution >= 4 is 17.5 Å². The largest absolute Gasteiger partial charge is 0.382 e. The molecule has 4 nitrogen and oxygen atoms in total. The summed E-state index contributed by atoms with van der Waals surface area (Å²) < 4.78 is 10.2. The topological polar surface area (TPSA) is 47.6 Å². The summed E-state index contributed by atoms with van der Waals surface area (Å²) in [5, 5.41) is 3.74. The van der Waals surface area contributed by atoms with Gasteiger partial charge in [0.15, 0.2) is 0 Å². The fraction of sp³-hybridized carbons (Fsp3) is 0.316. The maximum absolute atomic E-state index is 12.1. The van der Waals surface area contributed by atoms with Gasteiger partial charge >= 0.3 is 0 Å². The van der Waals surface area contributed by atoms with E-state index in [1.54, 1.807) is 7.11 Å². The molecule has 0 fully saturated rings. The monoisotopic (exact) mass is 347 g/mol. The van der Waals surface area contributed by atoms with E-state index >= 15 is 0 Å². The molecule has 2 aromatic rings. The molecule has 1 unspecified atom stereocenters. The number of hydrogen-bond donors (Lipinski definition) is 1. The number of benzene rings is 2. The molecule has 1 atom stereocenters. The third kappa shape index (κ3) is 6.32. The number of ether oxygens (including phenoxy) is 2. The van der Waals surface area contributed by atoms with Gasteiger partial charge in [-0.3, -0.25) is 4.79 Å². The smallest absolute Gasteiger partial charge is 0.246 e. The van der Waals surface area contributed by atoms with Crippen molar-refractivity contribution in [2.24, 2.45) is 0 Å². The molecule has 1 amide bonds. The van der Waals surface area contributed by atoms with Crippen molar-refractivity contribution < 1.29 is 14.3 Å². The fourth-order valence-corrected chi connectivity index (χ4v) is 2.46. The number of halogens is 1. The van der Waals surface area contributed by atoms with E-state index < -0.39 is 0 Å². The summed E-state index contributed by atoms with van der Waals surface area (Å²) >= 11 is 5.94. The van der Waals surface area contributed by atoms with Gasteiger partial charge in [0, 0.05) is 12.1 Å². The molecule has 0 radical (unpaired) electrons. The van der Waals surface area contributed by atoms with E-state index in [2.05, 4.69) is 5.32 Å². The summed E-state index contributed by atoms with van der Waals surface area (Å²) in [5.74, 6) is -0.145. The molecule has 0 aliphatic rings. The number of methoxy groups -OCH3 is 1. The van der Waals surface area contributed by atoms with Gasteiger partial charge in [-0.2, -0.15) is 0 Å². The van der Waals surface area contributed by atoms with Crippen molar-refractivity contribution in [3.63, 3.8) is 0 Å². The highest BCUT2D eigenvalue weighted by molar-refractivity contribution is 6.30. The molecule has 2 rings (SSSR count). The summed E-state index contributed by atoms with van der Waals surface area (Å²) in [5.41, 5.74) is 2.16. The molecule has 1 N–H and O–H groups in total. The van der Waals surface area contributed by atoms with E-state index in [4.69, 9.17) is 21.1 Å². The first-order chi connectivity index (χ1) is 11.7. The summed E-state index contributed by atoms with van der Waals surface area (Å²) in [6.07, 6.45) is 0.686. The highest BCUT2D eigenvalue weighted by Crippen LogP contribution is 2.19. The molecule has 0 aliphatic carbocycles. The molecular weight excluding hydrogens is 326 g/mol. The van der Waals surface area contributed by atoms with Gasteiger partial charge < -0.3 is 14.8 Å². The lowest BCUT2D eigenvalue weighted by Crippen LogP contribution is -2.33. The second-order valence-corrected chi connectivity index (χ2v) is 5.84. The van der Waals surface area contributed by atoms with Crippen LogP contribution in [0.3, 0.4) is 0 Å². The lowest BCUT2D eigenvalue weighted by molar-refractivity contribution is -0.126. The zero-order chi connectivity index (χ0) is 17.2. The SMILES string of the molecule is COCCOCC(=O)NC(Cc1ccc(Cl)cc1)c1ccccc1. The number of nitrogens with one attached hydrogen (secondary N) is 1. The highest BCUT2D eigenvalue weighted by atomic mass is 35.5. The number of rotatable bonds is 9. The second kappa shape index (κ2) is 10.1. The van der Waals surface area contributed by atoms with Crippen molar-refractivity contribution in [2.45, 2.75) is 12.5 Å². The Kier molecular flexibility index (Phi) is 7.75. The third-order valence-electron chi connectivity index (χ3n) is 3.56. The Hall–Kier alpha value is -1.88. The first-order valence-corrected chi connectivity index (χ1v) is 8.22. The highest BCUT2D eigenvalue weighted by Gasteiger charge is 2.15. The Morgan fingerprint density at radius 2 is 1.79 bits per heavy atom. The van der Waals surface area contributed by atoms with Gasteiger partial charge in [-0.15, -0.1) is 0 Å². The molecule has 2 aromatic carbocycles. The lowest BCUT2D eigenvalue weighted by atomic mass is 9.99. The van der Waals surface area contributed by atoms with E-state index in [1.165, 1.54) is 0 Å². The number of carbonyl (C=O) groups excluding carboxylic acids is 1. The van der Waals surface area contributed by atoms with Crippen molar-refractivity contribution in [2.75, 3.05) is 26.9 Å². The minimum Gasteiger partial charge on any atom is -0.382 e. The molecule has 0 bridgehead atoms. The van der Waals surface area contributed by atoms with E-state index in [1.807, 2.05) is 54.6 Å². The van der Waals surface area contributed by atoms with Crippen molar-refractivity contribution in [3.8, 4) is 0 Å². The van der Waals surface area contributed by atoms with Gasteiger partial charge in [0.2, 0.25) is 5.91 Å². The fourth-order valence-electron chi connectivity index (χ4n) is 2.34. The zero-order valence-corrected chi connectivity index (χ0v) is 14.5. The molecule has 0 spiro atoms. The lowest BCUT2D eigenvalue weighted by Gasteiger charge is -2.19. The number of amides is 1. The molecule has 0 heterocycles. The molecule has 0 aliphatic heterocycles. The predicted molar refractivity (Wildman–Crippen MR) is 95.2 cm³/mol. The Morgan fingerprint density at radius 3 is 2.46 bits per heavy atom. The first-order valence-electron chi connectivity index (χ1n) is 7.84. The minimum atomic E-state index is -0.145. The van der Waals surface area contributed by atoms with Crippen LogP contribution in [0.25, 0.3) is 0 Å². The van der Waals surface area contributed by atoms with Crippen molar-refractivity contribution in [1.82, 2.24) is 5.32 Å². The summed E-state index contributed by atoms with van der Waals surface area (Å²) in [7, 11) is 1.60. The first kappa shape index (κ1) is 18.5. The van der Waals surface area contributed by atoms with Crippen LogP contribution in [0.4, 0.5) is 0 Å².